The molecule has 8 heteroatoms. The van der Waals surface area contributed by atoms with Crippen LogP contribution in [0, 0.1) is 3.57 Å². The molecule has 1 aromatic carbocycles. The van der Waals surface area contributed by atoms with Crippen molar-refractivity contribution in [1.29, 1.82) is 0 Å². The number of rotatable bonds is 4. The minimum Gasteiger partial charge on any atom is -0.480 e. The average molecular weight is 399 g/mol. The lowest BCUT2D eigenvalue weighted by Gasteiger charge is -2.17. The van der Waals surface area contributed by atoms with Crippen LogP contribution in [0.2, 0.25) is 5.02 Å². The Morgan fingerprint density at radius 1 is 1.42 bits per heavy atom. The number of aliphatic carboxylic acids is 1. The lowest BCUT2D eigenvalue weighted by molar-refractivity contribution is -0.141. The molecule has 0 radical (unpaired) electrons. The molecule has 0 bridgehead atoms. The van der Waals surface area contributed by atoms with Gasteiger partial charge < -0.3 is 20.8 Å². The quantitative estimate of drug-likeness (QED) is 0.582. The standard InChI is InChI=1S/C11H12ClIN2O4/c1-5(16)9(10(17)18)15-11(19)14-8-4-6(13)2-3-7(8)12/h2-5,9,16H,1H3,(H,17,18)(H2,14,15,19)/t5-,9+/m1/s1. The third-order valence-corrected chi connectivity index (χ3v) is 3.21. The molecule has 0 spiro atoms. The van der Waals surface area contributed by atoms with E-state index in [1.165, 1.54) is 6.92 Å². The zero-order valence-electron chi connectivity index (χ0n) is 9.85. The molecule has 0 saturated carbocycles. The van der Waals surface area contributed by atoms with Crippen molar-refractivity contribution >= 4 is 51.9 Å². The van der Waals surface area contributed by atoms with Crippen LogP contribution in [-0.2, 0) is 4.79 Å². The molecule has 0 aliphatic rings. The molecule has 1 aromatic rings. The smallest absolute Gasteiger partial charge is 0.328 e. The summed E-state index contributed by atoms with van der Waals surface area (Å²) in [6.07, 6.45) is -1.21. The molecule has 19 heavy (non-hydrogen) atoms. The first-order valence-corrected chi connectivity index (χ1v) is 6.70. The Balaban J connectivity index is 2.74. The second kappa shape index (κ2) is 6.92. The summed E-state index contributed by atoms with van der Waals surface area (Å²) < 4.78 is 0.864. The van der Waals surface area contributed by atoms with Crippen LogP contribution in [0.25, 0.3) is 0 Å². The van der Waals surface area contributed by atoms with Crippen LogP contribution in [0.1, 0.15) is 6.92 Å². The topological polar surface area (TPSA) is 98.7 Å². The molecule has 0 unspecified atom stereocenters. The van der Waals surface area contributed by atoms with Gasteiger partial charge in [0.05, 0.1) is 16.8 Å². The first-order valence-electron chi connectivity index (χ1n) is 5.24. The van der Waals surface area contributed by atoms with Gasteiger partial charge in [-0.3, -0.25) is 0 Å². The van der Waals surface area contributed by atoms with Crippen molar-refractivity contribution < 1.29 is 19.8 Å². The first kappa shape index (κ1) is 16.0. The predicted molar refractivity (Wildman–Crippen MR) is 79.4 cm³/mol. The first-order chi connectivity index (χ1) is 8.81. The summed E-state index contributed by atoms with van der Waals surface area (Å²) in [6.45, 7) is 1.28. The summed E-state index contributed by atoms with van der Waals surface area (Å²) in [6, 6.07) is 2.88. The highest BCUT2D eigenvalue weighted by molar-refractivity contribution is 14.1. The maximum absolute atomic E-state index is 11.6. The number of halogens is 2. The summed E-state index contributed by atoms with van der Waals surface area (Å²) in [4.78, 5) is 22.5. The second-order valence-corrected chi connectivity index (χ2v) is 5.43. The highest BCUT2D eigenvalue weighted by Crippen LogP contribution is 2.23. The number of hydrogen-bond acceptors (Lipinski definition) is 3. The summed E-state index contributed by atoms with van der Waals surface area (Å²) in [5, 5.41) is 23.0. The van der Waals surface area contributed by atoms with Crippen molar-refractivity contribution in [3.63, 3.8) is 0 Å². The van der Waals surface area contributed by atoms with Gasteiger partial charge in [-0.25, -0.2) is 9.59 Å². The van der Waals surface area contributed by atoms with E-state index in [2.05, 4.69) is 33.2 Å². The Kier molecular flexibility index (Phi) is 5.83. The Morgan fingerprint density at radius 3 is 2.58 bits per heavy atom. The molecular weight excluding hydrogens is 386 g/mol. The van der Waals surface area contributed by atoms with Gasteiger partial charge in [-0.15, -0.1) is 0 Å². The Bertz CT molecular complexity index is 496. The molecule has 104 valence electrons. The molecule has 6 nitrogen and oxygen atoms in total. The number of nitrogens with one attached hydrogen (secondary N) is 2. The van der Waals surface area contributed by atoms with E-state index in [0.29, 0.717) is 10.7 Å². The average Bonchev–Trinajstić information content (AvgIpc) is 2.30. The second-order valence-electron chi connectivity index (χ2n) is 3.78. The van der Waals surface area contributed by atoms with Crippen LogP contribution in [0.4, 0.5) is 10.5 Å². The fourth-order valence-electron chi connectivity index (χ4n) is 1.28. The number of anilines is 1. The number of amides is 2. The third kappa shape index (κ3) is 4.84. The fourth-order valence-corrected chi connectivity index (χ4v) is 1.94. The molecule has 0 aliphatic heterocycles. The summed E-state index contributed by atoms with van der Waals surface area (Å²) in [5.74, 6) is -1.32. The van der Waals surface area contributed by atoms with Gasteiger partial charge >= 0.3 is 12.0 Å². The molecule has 0 aromatic heterocycles. The van der Waals surface area contributed by atoms with Crippen LogP contribution in [-0.4, -0.2) is 34.4 Å². The summed E-state index contributed by atoms with van der Waals surface area (Å²) >= 11 is 7.94. The van der Waals surface area contributed by atoms with E-state index in [1.807, 2.05) is 0 Å². The molecular formula is C11H12ClIN2O4. The van der Waals surface area contributed by atoms with E-state index < -0.39 is 24.1 Å². The predicted octanol–water partition coefficient (Wildman–Crippen LogP) is 1.90. The number of carboxylic acids is 1. The van der Waals surface area contributed by atoms with E-state index in [1.54, 1.807) is 18.2 Å². The zero-order chi connectivity index (χ0) is 14.6. The highest BCUT2D eigenvalue weighted by Gasteiger charge is 2.25. The number of aliphatic hydroxyl groups excluding tert-OH is 1. The molecule has 1 rings (SSSR count). The van der Waals surface area contributed by atoms with Crippen molar-refractivity contribution in [2.24, 2.45) is 0 Å². The maximum atomic E-state index is 11.6. The number of aliphatic hydroxyl groups is 1. The van der Waals surface area contributed by atoms with Crippen molar-refractivity contribution in [3.8, 4) is 0 Å². The molecule has 0 aliphatic carbocycles. The lowest BCUT2D eigenvalue weighted by Crippen LogP contribution is -2.49. The van der Waals surface area contributed by atoms with Crippen LogP contribution >= 0.6 is 34.2 Å². The molecule has 0 saturated heterocycles. The Hall–Kier alpha value is -1.06. The minimum atomic E-state index is -1.39. The molecule has 2 amide bonds. The highest BCUT2D eigenvalue weighted by atomic mass is 127. The van der Waals surface area contributed by atoms with E-state index >= 15 is 0 Å². The Labute approximate surface area is 128 Å². The van der Waals surface area contributed by atoms with E-state index in [4.69, 9.17) is 16.7 Å². The van der Waals surface area contributed by atoms with Crippen molar-refractivity contribution in [2.75, 3.05) is 5.32 Å². The van der Waals surface area contributed by atoms with Crippen LogP contribution in [0.3, 0.4) is 0 Å². The van der Waals surface area contributed by atoms with E-state index in [-0.39, 0.29) is 0 Å². The van der Waals surface area contributed by atoms with Gasteiger partial charge in [0.25, 0.3) is 0 Å². The van der Waals surface area contributed by atoms with Crippen LogP contribution in [0.5, 0.6) is 0 Å². The van der Waals surface area contributed by atoms with Gasteiger partial charge in [0, 0.05) is 3.57 Å². The van der Waals surface area contributed by atoms with Gasteiger partial charge in [-0.1, -0.05) is 11.6 Å². The van der Waals surface area contributed by atoms with Crippen LogP contribution in [0.15, 0.2) is 18.2 Å². The molecule has 4 N–H and O–H groups in total. The van der Waals surface area contributed by atoms with Gasteiger partial charge in [-0.05, 0) is 47.7 Å². The Morgan fingerprint density at radius 2 is 2.05 bits per heavy atom. The van der Waals surface area contributed by atoms with Crippen molar-refractivity contribution in [3.05, 3.63) is 26.8 Å². The number of hydrogen-bond donors (Lipinski definition) is 4. The van der Waals surface area contributed by atoms with E-state index in [0.717, 1.165) is 3.57 Å². The lowest BCUT2D eigenvalue weighted by atomic mass is 10.2. The van der Waals surface area contributed by atoms with Gasteiger partial charge in [-0.2, -0.15) is 0 Å². The molecule has 2 atom stereocenters. The van der Waals surface area contributed by atoms with Crippen molar-refractivity contribution in [2.45, 2.75) is 19.1 Å². The van der Waals surface area contributed by atoms with Gasteiger partial charge in [0.2, 0.25) is 0 Å². The number of carbonyl (C=O) groups excluding carboxylic acids is 1. The summed E-state index contributed by atoms with van der Waals surface area (Å²) in [5.41, 5.74) is 0.362. The van der Waals surface area contributed by atoms with Gasteiger partial charge in [0.1, 0.15) is 0 Å². The number of urea groups is 1. The summed E-state index contributed by atoms with van der Waals surface area (Å²) in [7, 11) is 0. The third-order valence-electron chi connectivity index (χ3n) is 2.21. The van der Waals surface area contributed by atoms with Crippen LogP contribution < -0.4 is 10.6 Å². The number of benzene rings is 1. The van der Waals surface area contributed by atoms with Gasteiger partial charge in [0.15, 0.2) is 6.04 Å². The fraction of sp³-hybridized carbons (Fsp3) is 0.273. The largest absolute Gasteiger partial charge is 0.480 e. The molecule has 0 fully saturated rings. The minimum absolute atomic E-state index is 0.333. The number of carboxylic acid groups (broad SMARTS) is 1. The van der Waals surface area contributed by atoms with E-state index in [9.17, 15) is 14.7 Å². The molecule has 0 heterocycles. The normalized spacial score (nSPS) is 13.5. The van der Waals surface area contributed by atoms with Crippen molar-refractivity contribution in [1.82, 2.24) is 5.32 Å². The number of carbonyl (C=O) groups is 2. The maximum Gasteiger partial charge on any atom is 0.328 e. The zero-order valence-corrected chi connectivity index (χ0v) is 12.8. The SMILES string of the molecule is C[C@@H](O)[C@H](NC(=O)Nc1cc(I)ccc1Cl)C(=O)O. The monoisotopic (exact) mass is 398 g/mol.